The Hall–Kier alpha value is -4.06. The summed E-state index contributed by atoms with van der Waals surface area (Å²) in [6, 6.07) is 3.27. The molecule has 0 bridgehead atoms. The van der Waals surface area contributed by atoms with E-state index < -0.39 is 34.8 Å². The summed E-state index contributed by atoms with van der Waals surface area (Å²) >= 11 is 0. The van der Waals surface area contributed by atoms with Crippen LogP contribution in [0.5, 0.6) is 11.5 Å². The Morgan fingerprint density at radius 1 is 1.06 bits per heavy atom. The average molecular weight is 502 g/mol. The molecule has 3 heterocycles. The lowest BCUT2D eigenvalue weighted by molar-refractivity contribution is 0.353. The number of nitrogens with zero attached hydrogens (tertiary/aromatic N) is 5. The van der Waals surface area contributed by atoms with Crippen LogP contribution in [0.3, 0.4) is 0 Å². The number of aromatic nitrogens is 4. The third kappa shape index (κ3) is 4.02. The lowest BCUT2D eigenvalue weighted by Crippen LogP contribution is -2.22. The highest BCUT2D eigenvalue weighted by Gasteiger charge is 2.29. The second-order valence-corrected chi connectivity index (χ2v) is 8.28. The van der Waals surface area contributed by atoms with Gasteiger partial charge in [-0.2, -0.15) is 13.9 Å². The van der Waals surface area contributed by atoms with Crippen LogP contribution in [0.15, 0.2) is 43.2 Å². The molecule has 0 spiro atoms. The molecule has 5 rings (SSSR count). The molecule has 0 unspecified atom stereocenters. The topological polar surface area (TPSA) is 82.1 Å². The van der Waals surface area contributed by atoms with E-state index in [1.54, 1.807) is 4.68 Å². The number of likely N-dealkylation sites (tertiary alicyclic amines) is 1. The summed E-state index contributed by atoms with van der Waals surface area (Å²) in [5.41, 5.74) is 6.70. The van der Waals surface area contributed by atoms with E-state index in [-0.39, 0.29) is 34.9 Å². The Bertz CT molecular complexity index is 1460. The normalized spacial score (nSPS) is 16.1. The molecule has 4 aromatic rings. The fourth-order valence-corrected chi connectivity index (χ4v) is 4.31. The number of hydrogen-bond donors (Lipinski definition) is 1. The van der Waals surface area contributed by atoms with E-state index >= 15 is 4.39 Å². The van der Waals surface area contributed by atoms with E-state index in [1.807, 2.05) is 6.08 Å². The van der Waals surface area contributed by atoms with Crippen molar-refractivity contribution in [3.63, 3.8) is 0 Å². The van der Waals surface area contributed by atoms with Crippen LogP contribution in [0.25, 0.3) is 22.3 Å². The van der Waals surface area contributed by atoms with E-state index in [2.05, 4.69) is 26.5 Å². The first kappa shape index (κ1) is 23.7. The number of halogens is 5. The maximum Gasteiger partial charge on any atom is 0.204 e. The molecule has 186 valence electrons. The van der Waals surface area contributed by atoms with Crippen LogP contribution < -0.4 is 10.5 Å². The van der Waals surface area contributed by atoms with Crippen molar-refractivity contribution in [1.82, 2.24) is 24.6 Å². The molecule has 1 aliphatic heterocycles. The highest BCUT2D eigenvalue weighted by atomic mass is 19.2. The van der Waals surface area contributed by atoms with Gasteiger partial charge in [-0.25, -0.2) is 27.8 Å². The molecule has 1 fully saturated rings. The predicted octanol–water partition coefficient (Wildman–Crippen LogP) is 5.00. The molecule has 1 aliphatic rings. The molecular formula is C24H19F5N6O. The van der Waals surface area contributed by atoms with Crippen molar-refractivity contribution in [2.24, 2.45) is 0 Å². The molecule has 0 saturated carbocycles. The maximum atomic E-state index is 15.2. The summed E-state index contributed by atoms with van der Waals surface area (Å²) in [6.45, 7) is 5.98. The van der Waals surface area contributed by atoms with Crippen LogP contribution in [0.4, 0.5) is 27.8 Å². The lowest BCUT2D eigenvalue weighted by Gasteiger charge is -2.14. The Morgan fingerprint density at radius 3 is 2.50 bits per heavy atom. The summed E-state index contributed by atoms with van der Waals surface area (Å²) in [6.07, 6.45) is 3.89. The van der Waals surface area contributed by atoms with Gasteiger partial charge in [0.15, 0.2) is 17.3 Å². The van der Waals surface area contributed by atoms with Gasteiger partial charge in [-0.15, -0.1) is 6.58 Å². The molecular weight excluding hydrogens is 483 g/mol. The van der Waals surface area contributed by atoms with Crippen molar-refractivity contribution in [1.29, 1.82) is 0 Å². The van der Waals surface area contributed by atoms with Crippen LogP contribution in [0, 0.1) is 29.1 Å². The average Bonchev–Trinajstić information content (AvgIpc) is 3.46. The first-order valence-electron chi connectivity index (χ1n) is 10.9. The first-order valence-corrected chi connectivity index (χ1v) is 10.9. The van der Waals surface area contributed by atoms with Gasteiger partial charge in [0.25, 0.3) is 0 Å². The molecule has 0 aliphatic carbocycles. The zero-order valence-electron chi connectivity index (χ0n) is 18.7. The summed E-state index contributed by atoms with van der Waals surface area (Å²) in [5, 5.41) is 4.95. The van der Waals surface area contributed by atoms with Crippen molar-refractivity contribution in [2.45, 2.75) is 12.5 Å². The second kappa shape index (κ2) is 9.19. The van der Waals surface area contributed by atoms with Crippen molar-refractivity contribution in [3.8, 4) is 22.8 Å². The van der Waals surface area contributed by atoms with E-state index in [1.165, 1.54) is 18.5 Å². The van der Waals surface area contributed by atoms with Gasteiger partial charge >= 0.3 is 0 Å². The van der Waals surface area contributed by atoms with Gasteiger partial charge in [-0.1, -0.05) is 6.08 Å². The molecule has 1 saturated heterocycles. The van der Waals surface area contributed by atoms with Crippen LogP contribution >= 0.6 is 0 Å². The fourth-order valence-electron chi connectivity index (χ4n) is 4.31. The van der Waals surface area contributed by atoms with Crippen molar-refractivity contribution < 1.29 is 26.7 Å². The third-order valence-corrected chi connectivity index (χ3v) is 5.99. The second-order valence-electron chi connectivity index (χ2n) is 8.28. The van der Waals surface area contributed by atoms with Crippen LogP contribution in [0.1, 0.15) is 12.5 Å². The largest absolute Gasteiger partial charge is 0.451 e. The monoisotopic (exact) mass is 502 g/mol. The van der Waals surface area contributed by atoms with E-state index in [9.17, 15) is 17.6 Å². The van der Waals surface area contributed by atoms with Crippen LogP contribution in [-0.4, -0.2) is 44.3 Å². The minimum atomic E-state index is -1.74. The van der Waals surface area contributed by atoms with E-state index in [4.69, 9.17) is 10.5 Å². The minimum absolute atomic E-state index is 0.0000822. The number of ether oxygens (including phenoxy) is 1. The number of rotatable bonds is 6. The van der Waals surface area contributed by atoms with Crippen LogP contribution in [-0.2, 0) is 0 Å². The maximum absolute atomic E-state index is 15.2. The summed E-state index contributed by atoms with van der Waals surface area (Å²) in [4.78, 5) is 10.5. The highest BCUT2D eigenvalue weighted by Crippen LogP contribution is 2.37. The van der Waals surface area contributed by atoms with Gasteiger partial charge in [-0.3, -0.25) is 4.90 Å². The SMILES string of the molecule is C=CCN1CC[C@@H](n2nc(-c3ccc(Oc4c(F)c(F)cc(F)c4F)cc3F)c3c(N)ncnc32)C1. The molecule has 0 radical (unpaired) electrons. The molecule has 2 aromatic carbocycles. The smallest absolute Gasteiger partial charge is 0.204 e. The third-order valence-electron chi connectivity index (χ3n) is 5.99. The summed E-state index contributed by atoms with van der Waals surface area (Å²) < 4.78 is 76.8. The number of anilines is 1. The Balaban J connectivity index is 1.54. The Morgan fingerprint density at radius 2 is 1.81 bits per heavy atom. The zero-order chi connectivity index (χ0) is 25.6. The minimum Gasteiger partial charge on any atom is -0.451 e. The standard InChI is InChI=1S/C24H19F5N6O/c1-2-6-34-7-5-12(10-34)35-24-18(23(30)31-11-32-24)21(33-35)14-4-3-13(8-15(14)25)36-22-19(28)16(26)9-17(27)20(22)29/h2-4,8-9,11-12H,1,5-7,10H2,(H2,30,31,32)/t12-/m1/s1. The molecule has 0 amide bonds. The van der Waals surface area contributed by atoms with Gasteiger partial charge < -0.3 is 10.5 Å². The summed E-state index contributed by atoms with van der Waals surface area (Å²) in [7, 11) is 0. The van der Waals surface area contributed by atoms with Gasteiger partial charge in [0.1, 0.15) is 29.4 Å². The zero-order valence-corrected chi connectivity index (χ0v) is 18.7. The summed E-state index contributed by atoms with van der Waals surface area (Å²) in [5.74, 6) is -9.26. The van der Waals surface area contributed by atoms with Crippen LogP contribution in [0.2, 0.25) is 0 Å². The van der Waals surface area contributed by atoms with Gasteiger partial charge in [-0.05, 0) is 18.6 Å². The van der Waals surface area contributed by atoms with Crippen molar-refractivity contribution in [2.75, 3.05) is 25.4 Å². The number of hydrogen-bond acceptors (Lipinski definition) is 6. The van der Waals surface area contributed by atoms with Crippen molar-refractivity contribution >= 4 is 16.9 Å². The van der Waals surface area contributed by atoms with Gasteiger partial charge in [0.2, 0.25) is 17.4 Å². The molecule has 36 heavy (non-hydrogen) atoms. The van der Waals surface area contributed by atoms with Gasteiger partial charge in [0, 0.05) is 37.3 Å². The number of nitrogens with two attached hydrogens (primary N) is 1. The predicted molar refractivity (Wildman–Crippen MR) is 122 cm³/mol. The molecule has 7 nitrogen and oxygen atoms in total. The quantitative estimate of drug-likeness (QED) is 0.227. The Kier molecular flexibility index (Phi) is 6.04. The fraction of sp³-hybridized carbons (Fsp3) is 0.208. The van der Waals surface area contributed by atoms with Crippen molar-refractivity contribution in [3.05, 3.63) is 72.3 Å². The molecule has 2 aromatic heterocycles. The number of nitrogen functional groups attached to an aromatic ring is 1. The molecule has 12 heteroatoms. The number of benzene rings is 2. The van der Waals surface area contributed by atoms with E-state index in [0.29, 0.717) is 24.1 Å². The Labute approximate surface area is 201 Å². The lowest BCUT2D eigenvalue weighted by atomic mass is 10.1. The molecule has 2 N–H and O–H groups in total. The van der Waals surface area contributed by atoms with E-state index in [0.717, 1.165) is 19.0 Å². The number of fused-ring (bicyclic) bond motifs is 1. The molecule has 1 atom stereocenters. The highest BCUT2D eigenvalue weighted by molar-refractivity contribution is 5.98. The van der Waals surface area contributed by atoms with Gasteiger partial charge in [0.05, 0.1) is 11.4 Å². The first-order chi connectivity index (χ1) is 17.3.